The first-order chi connectivity index (χ1) is 6.24. The van der Waals surface area contributed by atoms with Crippen LogP contribution in [0.25, 0.3) is 0 Å². The molecule has 0 N–H and O–H groups in total. The summed E-state index contributed by atoms with van der Waals surface area (Å²) >= 11 is 4.25. The second-order valence-corrected chi connectivity index (χ2v) is 4.16. The number of thiol groups is 1. The molecule has 3 nitrogen and oxygen atoms in total. The first-order valence-electron chi connectivity index (χ1n) is 4.81. The van der Waals surface area contributed by atoms with Gasteiger partial charge in [0.1, 0.15) is 0 Å². The van der Waals surface area contributed by atoms with Crippen LogP contribution in [0.15, 0.2) is 0 Å². The van der Waals surface area contributed by atoms with Crippen molar-refractivity contribution in [2.45, 2.75) is 6.04 Å². The Kier molecular flexibility index (Phi) is 5.09. The molecule has 0 spiro atoms. The van der Waals surface area contributed by atoms with Gasteiger partial charge in [0.25, 0.3) is 0 Å². The van der Waals surface area contributed by atoms with Crippen molar-refractivity contribution in [2.24, 2.45) is 0 Å². The average molecular weight is 204 g/mol. The molecule has 1 rings (SSSR count). The molecule has 0 saturated carbocycles. The summed E-state index contributed by atoms with van der Waals surface area (Å²) in [6.07, 6.45) is 0. The van der Waals surface area contributed by atoms with Crippen molar-refractivity contribution in [1.29, 1.82) is 0 Å². The SMILES string of the molecule is CN(C)[C@@H]1COCCN(CCS)C1. The van der Waals surface area contributed by atoms with Crippen LogP contribution in [0.4, 0.5) is 0 Å². The third-order valence-corrected chi connectivity index (χ3v) is 2.68. The fourth-order valence-corrected chi connectivity index (χ4v) is 1.79. The van der Waals surface area contributed by atoms with Gasteiger partial charge in [0.15, 0.2) is 0 Å². The van der Waals surface area contributed by atoms with Crippen LogP contribution in [0.1, 0.15) is 0 Å². The van der Waals surface area contributed by atoms with E-state index in [1.54, 1.807) is 0 Å². The molecule has 0 amide bonds. The molecule has 0 aromatic carbocycles. The minimum absolute atomic E-state index is 0.530. The van der Waals surface area contributed by atoms with Crippen LogP contribution >= 0.6 is 12.6 Å². The lowest BCUT2D eigenvalue weighted by molar-refractivity contribution is 0.103. The predicted molar refractivity (Wildman–Crippen MR) is 58.6 cm³/mol. The van der Waals surface area contributed by atoms with Gasteiger partial charge >= 0.3 is 0 Å². The molecule has 0 aromatic rings. The maximum Gasteiger partial charge on any atom is 0.0634 e. The van der Waals surface area contributed by atoms with E-state index in [4.69, 9.17) is 4.74 Å². The molecule has 0 radical (unpaired) electrons. The van der Waals surface area contributed by atoms with Crippen LogP contribution in [0.5, 0.6) is 0 Å². The summed E-state index contributed by atoms with van der Waals surface area (Å²) in [6, 6.07) is 0.530. The van der Waals surface area contributed by atoms with Gasteiger partial charge in [-0.05, 0) is 14.1 Å². The van der Waals surface area contributed by atoms with Crippen LogP contribution in [-0.4, -0.2) is 68.5 Å². The topological polar surface area (TPSA) is 15.7 Å². The summed E-state index contributed by atoms with van der Waals surface area (Å²) in [6.45, 7) is 4.93. The van der Waals surface area contributed by atoms with E-state index in [2.05, 4.69) is 36.5 Å². The molecule has 0 bridgehead atoms. The number of likely N-dealkylation sites (N-methyl/N-ethyl adjacent to an activating group) is 1. The van der Waals surface area contributed by atoms with Crippen LogP contribution in [0, 0.1) is 0 Å². The molecule has 1 aliphatic heterocycles. The Morgan fingerprint density at radius 3 is 2.92 bits per heavy atom. The molecule has 0 aromatic heterocycles. The molecule has 1 atom stereocenters. The van der Waals surface area contributed by atoms with Crippen molar-refractivity contribution in [3.05, 3.63) is 0 Å². The van der Waals surface area contributed by atoms with Gasteiger partial charge in [0.05, 0.1) is 13.2 Å². The maximum absolute atomic E-state index is 5.54. The van der Waals surface area contributed by atoms with Gasteiger partial charge in [-0.25, -0.2) is 0 Å². The molecule has 1 fully saturated rings. The van der Waals surface area contributed by atoms with Crippen molar-refractivity contribution < 1.29 is 4.74 Å². The normalized spacial score (nSPS) is 26.3. The van der Waals surface area contributed by atoms with Crippen LogP contribution in [0.2, 0.25) is 0 Å². The van der Waals surface area contributed by atoms with Gasteiger partial charge in [-0.15, -0.1) is 0 Å². The number of nitrogens with zero attached hydrogens (tertiary/aromatic N) is 2. The highest BCUT2D eigenvalue weighted by Crippen LogP contribution is 2.04. The van der Waals surface area contributed by atoms with Crippen LogP contribution in [0.3, 0.4) is 0 Å². The summed E-state index contributed by atoms with van der Waals surface area (Å²) in [5.74, 6) is 0.931. The summed E-state index contributed by atoms with van der Waals surface area (Å²) in [5.41, 5.74) is 0. The summed E-state index contributed by atoms with van der Waals surface area (Å²) < 4.78 is 5.54. The minimum atomic E-state index is 0.530. The Balaban J connectivity index is 2.39. The Bertz CT molecular complexity index is 144. The lowest BCUT2D eigenvalue weighted by Crippen LogP contribution is -2.41. The van der Waals surface area contributed by atoms with E-state index in [0.717, 1.165) is 38.6 Å². The van der Waals surface area contributed by atoms with Gasteiger partial charge in [-0.2, -0.15) is 12.6 Å². The zero-order chi connectivity index (χ0) is 9.68. The maximum atomic E-state index is 5.54. The van der Waals surface area contributed by atoms with E-state index >= 15 is 0 Å². The van der Waals surface area contributed by atoms with Gasteiger partial charge < -0.3 is 9.64 Å². The lowest BCUT2D eigenvalue weighted by Gasteiger charge is -2.26. The second-order valence-electron chi connectivity index (χ2n) is 3.72. The highest BCUT2D eigenvalue weighted by molar-refractivity contribution is 7.80. The second kappa shape index (κ2) is 5.86. The summed E-state index contributed by atoms with van der Waals surface area (Å²) in [7, 11) is 4.22. The summed E-state index contributed by atoms with van der Waals surface area (Å²) in [5, 5.41) is 0. The monoisotopic (exact) mass is 204 g/mol. The molecular weight excluding hydrogens is 184 g/mol. The molecule has 0 unspecified atom stereocenters. The van der Waals surface area contributed by atoms with E-state index in [-0.39, 0.29) is 0 Å². The Morgan fingerprint density at radius 2 is 2.31 bits per heavy atom. The van der Waals surface area contributed by atoms with Gasteiger partial charge in [0.2, 0.25) is 0 Å². The Hall–Kier alpha value is 0.230. The lowest BCUT2D eigenvalue weighted by atomic mass is 10.2. The number of ether oxygens (including phenoxy) is 1. The molecule has 13 heavy (non-hydrogen) atoms. The van der Waals surface area contributed by atoms with Crippen LogP contribution < -0.4 is 0 Å². The van der Waals surface area contributed by atoms with Crippen molar-refractivity contribution in [3.63, 3.8) is 0 Å². The first kappa shape index (κ1) is 11.3. The van der Waals surface area contributed by atoms with E-state index < -0.39 is 0 Å². The fraction of sp³-hybridized carbons (Fsp3) is 1.00. The third kappa shape index (κ3) is 3.85. The van der Waals surface area contributed by atoms with Crippen molar-refractivity contribution >= 4 is 12.6 Å². The largest absolute Gasteiger partial charge is 0.378 e. The molecular formula is C9H20N2OS. The first-order valence-corrected chi connectivity index (χ1v) is 5.44. The van der Waals surface area contributed by atoms with E-state index in [1.165, 1.54) is 0 Å². The molecule has 1 aliphatic rings. The quantitative estimate of drug-likeness (QED) is 0.660. The van der Waals surface area contributed by atoms with Gasteiger partial charge in [-0.3, -0.25) is 4.90 Å². The molecule has 0 aliphatic carbocycles. The number of rotatable bonds is 3. The zero-order valence-electron chi connectivity index (χ0n) is 8.57. The number of hydrogen-bond acceptors (Lipinski definition) is 4. The van der Waals surface area contributed by atoms with Gasteiger partial charge in [-0.1, -0.05) is 0 Å². The van der Waals surface area contributed by atoms with Crippen molar-refractivity contribution in [1.82, 2.24) is 9.80 Å². The Labute approximate surface area is 86.4 Å². The van der Waals surface area contributed by atoms with E-state index in [0.29, 0.717) is 6.04 Å². The van der Waals surface area contributed by atoms with Gasteiger partial charge in [0, 0.05) is 31.4 Å². The predicted octanol–water partition coefficient (Wildman–Crippen LogP) is 0.179. The smallest absolute Gasteiger partial charge is 0.0634 e. The van der Waals surface area contributed by atoms with E-state index in [1.807, 2.05) is 0 Å². The standard InChI is InChI=1S/C9H20N2OS/c1-10(2)9-7-11(4-6-13)3-5-12-8-9/h9,13H,3-8H2,1-2H3/t9-/m0/s1. The number of hydrogen-bond donors (Lipinski definition) is 1. The fourth-order valence-electron chi connectivity index (χ4n) is 1.51. The van der Waals surface area contributed by atoms with Crippen molar-refractivity contribution in [3.8, 4) is 0 Å². The molecule has 78 valence electrons. The third-order valence-electron chi connectivity index (χ3n) is 2.48. The highest BCUT2D eigenvalue weighted by atomic mass is 32.1. The zero-order valence-corrected chi connectivity index (χ0v) is 9.46. The molecule has 1 saturated heterocycles. The Morgan fingerprint density at radius 1 is 1.54 bits per heavy atom. The molecule has 1 heterocycles. The summed E-state index contributed by atoms with van der Waals surface area (Å²) in [4.78, 5) is 4.65. The average Bonchev–Trinajstić information content (AvgIpc) is 2.30. The molecule has 4 heteroatoms. The van der Waals surface area contributed by atoms with Crippen molar-refractivity contribution in [2.75, 3.05) is 52.7 Å². The minimum Gasteiger partial charge on any atom is -0.378 e. The van der Waals surface area contributed by atoms with E-state index in [9.17, 15) is 0 Å². The highest BCUT2D eigenvalue weighted by Gasteiger charge is 2.19. The van der Waals surface area contributed by atoms with Crippen LogP contribution in [-0.2, 0) is 4.74 Å².